The van der Waals surface area contributed by atoms with Crippen molar-refractivity contribution in [3.63, 3.8) is 0 Å². The summed E-state index contributed by atoms with van der Waals surface area (Å²) in [6.07, 6.45) is 0. The lowest BCUT2D eigenvalue weighted by Crippen LogP contribution is -2.28. The molecule has 1 aromatic heterocycles. The van der Waals surface area contributed by atoms with Gasteiger partial charge >= 0.3 is 0 Å². The van der Waals surface area contributed by atoms with E-state index in [1.165, 1.54) is 10.7 Å². The first-order valence-corrected chi connectivity index (χ1v) is 9.80. The third-order valence-electron chi connectivity index (χ3n) is 3.86. The second-order valence-corrected chi connectivity index (χ2v) is 7.68. The van der Waals surface area contributed by atoms with E-state index >= 15 is 0 Å². The van der Waals surface area contributed by atoms with Crippen LogP contribution in [0.4, 0.5) is 4.39 Å². The lowest BCUT2D eigenvalue weighted by molar-refractivity contribution is -0.127. The maximum absolute atomic E-state index is 13.9. The molecular formula is C18H17BrFN5OS. The highest BCUT2D eigenvalue weighted by molar-refractivity contribution is 9.10. The average molecular weight is 450 g/mol. The zero-order valence-corrected chi connectivity index (χ0v) is 16.9. The number of hydrogen-bond acceptors (Lipinski definition) is 5. The number of nitrogens with two attached hydrogens (primary N) is 1. The first-order valence-electron chi connectivity index (χ1n) is 8.02. The molecule has 3 aromatic rings. The van der Waals surface area contributed by atoms with Gasteiger partial charge in [0.25, 0.3) is 0 Å². The van der Waals surface area contributed by atoms with Crippen LogP contribution in [0.5, 0.6) is 0 Å². The van der Waals surface area contributed by atoms with Crippen molar-refractivity contribution in [2.24, 2.45) is 0 Å². The monoisotopic (exact) mass is 449 g/mol. The van der Waals surface area contributed by atoms with Crippen molar-refractivity contribution in [3.8, 4) is 11.4 Å². The van der Waals surface area contributed by atoms with Crippen molar-refractivity contribution in [1.82, 2.24) is 19.8 Å². The molecule has 0 bridgehead atoms. The van der Waals surface area contributed by atoms with Gasteiger partial charge < -0.3 is 10.7 Å². The minimum atomic E-state index is -0.432. The molecule has 1 amide bonds. The number of thioether (sulfide) groups is 1. The molecule has 0 radical (unpaired) electrons. The Morgan fingerprint density at radius 2 is 1.93 bits per heavy atom. The highest BCUT2D eigenvalue weighted by Crippen LogP contribution is 2.24. The number of amides is 1. The first-order chi connectivity index (χ1) is 13.0. The van der Waals surface area contributed by atoms with Crippen molar-refractivity contribution < 1.29 is 9.18 Å². The quantitative estimate of drug-likeness (QED) is 0.461. The number of nitrogen functional groups attached to an aromatic ring is 1. The zero-order valence-electron chi connectivity index (χ0n) is 14.5. The molecule has 0 unspecified atom stereocenters. The minimum absolute atomic E-state index is 0.0710. The normalized spacial score (nSPS) is 10.8. The van der Waals surface area contributed by atoms with Gasteiger partial charge in [0.2, 0.25) is 11.1 Å². The Bertz CT molecular complexity index is 947. The van der Waals surface area contributed by atoms with Gasteiger partial charge in [-0.15, -0.1) is 10.2 Å². The molecule has 9 heteroatoms. The van der Waals surface area contributed by atoms with Gasteiger partial charge in [0.15, 0.2) is 5.82 Å². The van der Waals surface area contributed by atoms with Gasteiger partial charge in [-0.3, -0.25) is 4.79 Å². The molecule has 0 saturated carbocycles. The second kappa shape index (κ2) is 8.53. The van der Waals surface area contributed by atoms with Crippen molar-refractivity contribution >= 4 is 33.6 Å². The highest BCUT2D eigenvalue weighted by Gasteiger charge is 2.17. The van der Waals surface area contributed by atoms with E-state index in [2.05, 4.69) is 26.1 Å². The van der Waals surface area contributed by atoms with Gasteiger partial charge in [-0.05, 0) is 29.8 Å². The molecular weight excluding hydrogens is 433 g/mol. The van der Waals surface area contributed by atoms with Crippen molar-refractivity contribution in [1.29, 1.82) is 0 Å². The molecule has 0 atom stereocenters. The molecule has 0 aliphatic carbocycles. The summed E-state index contributed by atoms with van der Waals surface area (Å²) in [5, 5.41) is 8.26. The van der Waals surface area contributed by atoms with E-state index in [0.29, 0.717) is 11.7 Å². The Kier molecular flexibility index (Phi) is 6.12. The molecule has 2 aromatic carbocycles. The molecule has 6 nitrogen and oxygen atoms in total. The predicted molar refractivity (Wildman–Crippen MR) is 107 cm³/mol. The molecule has 0 fully saturated rings. The SMILES string of the molecule is CN(Cc1ccc(Br)cc1)C(=O)CSc1nnc(-c2ccccc2F)n1N. The third kappa shape index (κ3) is 4.67. The fourth-order valence-electron chi connectivity index (χ4n) is 2.39. The van der Waals surface area contributed by atoms with Crippen LogP contribution in [0.1, 0.15) is 5.56 Å². The molecule has 1 heterocycles. The zero-order chi connectivity index (χ0) is 19.4. The summed E-state index contributed by atoms with van der Waals surface area (Å²) in [5.74, 6) is 5.84. The number of carbonyl (C=O) groups is 1. The van der Waals surface area contributed by atoms with Crippen LogP contribution in [-0.2, 0) is 11.3 Å². The van der Waals surface area contributed by atoms with E-state index < -0.39 is 5.82 Å². The van der Waals surface area contributed by atoms with E-state index in [9.17, 15) is 9.18 Å². The van der Waals surface area contributed by atoms with Crippen LogP contribution in [0.15, 0.2) is 58.2 Å². The van der Waals surface area contributed by atoms with Gasteiger partial charge in [0, 0.05) is 18.1 Å². The fourth-order valence-corrected chi connectivity index (χ4v) is 3.45. The Hall–Kier alpha value is -2.39. The topological polar surface area (TPSA) is 77.0 Å². The maximum Gasteiger partial charge on any atom is 0.233 e. The summed E-state index contributed by atoms with van der Waals surface area (Å²) >= 11 is 4.55. The molecule has 0 spiro atoms. The first kappa shape index (κ1) is 19.4. The standard InChI is InChI=1S/C18H17BrFN5OS/c1-24(10-12-6-8-13(19)9-7-12)16(26)11-27-18-23-22-17(25(18)21)14-4-2-3-5-15(14)20/h2-9H,10-11,21H2,1H3. The molecule has 0 saturated heterocycles. The van der Waals surface area contributed by atoms with E-state index in [-0.39, 0.29) is 23.0 Å². The lowest BCUT2D eigenvalue weighted by Gasteiger charge is -2.17. The predicted octanol–water partition coefficient (Wildman–Crippen LogP) is 3.31. The van der Waals surface area contributed by atoms with Gasteiger partial charge in [0.05, 0.1) is 11.3 Å². The minimum Gasteiger partial charge on any atom is -0.341 e. The average Bonchev–Trinajstić information content (AvgIpc) is 3.02. The Labute approximate surface area is 168 Å². The van der Waals surface area contributed by atoms with Crippen molar-refractivity contribution in [2.75, 3.05) is 18.6 Å². The van der Waals surface area contributed by atoms with Crippen LogP contribution in [0.25, 0.3) is 11.4 Å². The third-order valence-corrected chi connectivity index (χ3v) is 5.32. The second-order valence-electron chi connectivity index (χ2n) is 5.82. The largest absolute Gasteiger partial charge is 0.341 e. The Morgan fingerprint density at radius 1 is 1.22 bits per heavy atom. The van der Waals surface area contributed by atoms with Crippen LogP contribution < -0.4 is 5.84 Å². The molecule has 0 aliphatic rings. The summed E-state index contributed by atoms with van der Waals surface area (Å²) in [4.78, 5) is 14.0. The summed E-state index contributed by atoms with van der Waals surface area (Å²) in [6.45, 7) is 0.502. The summed E-state index contributed by atoms with van der Waals surface area (Å²) in [5.41, 5.74) is 1.29. The summed E-state index contributed by atoms with van der Waals surface area (Å²) in [7, 11) is 1.74. The number of hydrogen-bond donors (Lipinski definition) is 1. The van der Waals surface area contributed by atoms with E-state index in [0.717, 1.165) is 21.8 Å². The molecule has 2 N–H and O–H groups in total. The molecule has 140 valence electrons. The number of benzene rings is 2. The van der Waals surface area contributed by atoms with E-state index in [1.54, 1.807) is 30.1 Å². The maximum atomic E-state index is 13.9. The number of nitrogens with zero attached hydrogens (tertiary/aromatic N) is 4. The lowest BCUT2D eigenvalue weighted by atomic mass is 10.2. The van der Waals surface area contributed by atoms with E-state index in [4.69, 9.17) is 5.84 Å². The van der Waals surface area contributed by atoms with Crippen LogP contribution >= 0.6 is 27.7 Å². The number of rotatable bonds is 6. The number of carbonyl (C=O) groups excluding carboxylic acids is 1. The van der Waals surface area contributed by atoms with Crippen LogP contribution in [-0.4, -0.2) is 38.5 Å². The molecule has 3 rings (SSSR count). The number of aromatic nitrogens is 3. The van der Waals surface area contributed by atoms with Gasteiger partial charge in [-0.1, -0.05) is 52.0 Å². The Morgan fingerprint density at radius 3 is 2.63 bits per heavy atom. The van der Waals surface area contributed by atoms with Crippen molar-refractivity contribution in [2.45, 2.75) is 11.7 Å². The number of halogens is 2. The summed E-state index contributed by atoms with van der Waals surface area (Å²) in [6, 6.07) is 14.0. The molecule has 27 heavy (non-hydrogen) atoms. The van der Waals surface area contributed by atoms with Gasteiger partial charge in [0.1, 0.15) is 5.82 Å². The van der Waals surface area contributed by atoms with Gasteiger partial charge in [-0.2, -0.15) is 0 Å². The van der Waals surface area contributed by atoms with Gasteiger partial charge in [-0.25, -0.2) is 9.07 Å². The van der Waals surface area contributed by atoms with E-state index in [1.807, 2.05) is 24.3 Å². The summed E-state index contributed by atoms with van der Waals surface area (Å²) < 4.78 is 16.1. The van der Waals surface area contributed by atoms with Crippen LogP contribution in [0, 0.1) is 5.82 Å². The van der Waals surface area contributed by atoms with Crippen molar-refractivity contribution in [3.05, 3.63) is 64.4 Å². The Balaban J connectivity index is 1.62. The van der Waals surface area contributed by atoms with Crippen LogP contribution in [0.3, 0.4) is 0 Å². The highest BCUT2D eigenvalue weighted by atomic mass is 79.9. The fraction of sp³-hybridized carbons (Fsp3) is 0.167. The van der Waals surface area contributed by atoms with Crippen LogP contribution in [0.2, 0.25) is 0 Å². The molecule has 0 aliphatic heterocycles. The smallest absolute Gasteiger partial charge is 0.233 e.